The average molecular weight is 874 g/mol. The summed E-state index contributed by atoms with van der Waals surface area (Å²) >= 11 is 1.85. The molecule has 2 aromatic heterocycles. The normalized spacial score (nSPS) is 13.0. The van der Waals surface area contributed by atoms with Crippen molar-refractivity contribution in [2.24, 2.45) is 0 Å². The smallest absolute Gasteiger partial charge is 0.150 e. The zero-order chi connectivity index (χ0) is 44.1. The summed E-state index contributed by atoms with van der Waals surface area (Å²) < 4.78 is 14.7. The molecule has 1 spiro atoms. The van der Waals surface area contributed by atoms with Crippen LogP contribution in [0.5, 0.6) is 11.5 Å². The fourth-order valence-corrected chi connectivity index (χ4v) is 12.4. The summed E-state index contributed by atoms with van der Waals surface area (Å²) in [5.41, 5.74) is 17.6. The van der Waals surface area contributed by atoms with E-state index in [0.717, 1.165) is 94.0 Å². The van der Waals surface area contributed by atoms with Crippen LogP contribution in [0.25, 0.3) is 76.5 Å². The minimum Gasteiger partial charge on any atom is -0.455 e. The largest absolute Gasteiger partial charge is 0.455 e. The SMILES string of the molecule is c1ccc(-c2cc(-c3ccccc3)cc(N(c3ccc(-c4cccc5c4oc4ccccc45)cc3)c3ccc4c5c(sc4c3)C3(c4ccccc4O5)c4ccccc4-c4ccccc43)c2)cc1. The molecule has 0 amide bonds. The zero-order valence-electron chi connectivity index (χ0n) is 36.2. The lowest BCUT2D eigenvalue weighted by Crippen LogP contribution is -2.30. The molecule has 3 nitrogen and oxygen atoms in total. The van der Waals surface area contributed by atoms with Gasteiger partial charge in [-0.25, -0.2) is 0 Å². The average Bonchev–Trinajstić information content (AvgIpc) is 4.06. The Morgan fingerprint density at radius 3 is 1.67 bits per heavy atom. The third kappa shape index (κ3) is 5.70. The van der Waals surface area contributed by atoms with Gasteiger partial charge in [-0.05, 0) is 111 Å². The van der Waals surface area contributed by atoms with E-state index in [1.54, 1.807) is 0 Å². The number of benzene rings is 10. The van der Waals surface area contributed by atoms with Gasteiger partial charge >= 0.3 is 0 Å². The number of anilines is 3. The second kappa shape index (κ2) is 14.8. The molecule has 10 aromatic carbocycles. The monoisotopic (exact) mass is 873 g/mol. The predicted molar refractivity (Wildman–Crippen MR) is 277 cm³/mol. The first kappa shape index (κ1) is 37.9. The quantitative estimate of drug-likeness (QED) is 0.166. The summed E-state index contributed by atoms with van der Waals surface area (Å²) in [4.78, 5) is 3.62. The van der Waals surface area contributed by atoms with E-state index in [1.165, 1.54) is 32.7 Å². The number of furan rings is 1. The Bertz CT molecular complexity index is 3800. The zero-order valence-corrected chi connectivity index (χ0v) is 37.0. The van der Waals surface area contributed by atoms with Crippen LogP contribution in [0, 0.1) is 0 Å². The molecule has 0 fully saturated rings. The summed E-state index contributed by atoms with van der Waals surface area (Å²) in [6.45, 7) is 0. The Morgan fingerprint density at radius 1 is 0.373 bits per heavy atom. The van der Waals surface area contributed by atoms with Crippen LogP contribution in [-0.2, 0) is 5.41 Å². The maximum Gasteiger partial charge on any atom is 0.150 e. The molecule has 0 unspecified atom stereocenters. The van der Waals surface area contributed by atoms with Gasteiger partial charge in [0.1, 0.15) is 16.9 Å². The molecule has 14 rings (SSSR count). The van der Waals surface area contributed by atoms with Crippen molar-refractivity contribution in [3.8, 4) is 56.0 Å². The van der Waals surface area contributed by atoms with Crippen LogP contribution in [0.4, 0.5) is 17.1 Å². The minimum absolute atomic E-state index is 0.520. The molecule has 314 valence electrons. The number of hydrogen-bond donors (Lipinski definition) is 0. The molecule has 0 N–H and O–H groups in total. The van der Waals surface area contributed by atoms with Crippen molar-refractivity contribution in [3.05, 3.63) is 258 Å². The predicted octanol–water partition coefficient (Wildman–Crippen LogP) is 17.7. The van der Waals surface area contributed by atoms with E-state index in [0.29, 0.717) is 0 Å². The van der Waals surface area contributed by atoms with Gasteiger partial charge < -0.3 is 14.1 Å². The minimum atomic E-state index is -0.520. The van der Waals surface area contributed by atoms with Crippen molar-refractivity contribution in [1.29, 1.82) is 0 Å². The van der Waals surface area contributed by atoms with E-state index in [2.05, 4.69) is 229 Å². The molecule has 1 aliphatic carbocycles. The number of fused-ring (bicyclic) bond motifs is 14. The van der Waals surface area contributed by atoms with Gasteiger partial charge in [-0.15, -0.1) is 11.3 Å². The standard InChI is InChI=1S/C63H39NO2S/c1-3-16-40(17-4-1)43-36-44(41-18-5-2-6-19-41)38-47(37-43)64(45-32-30-42(31-33-45)48-23-15-24-52-51-22-9-13-28-57(51)65-60(48)52)46-34-35-53-59(39-46)67-62-61(53)66-58-29-14-12-27-56(58)63(62)54-25-10-7-20-49(54)50-21-8-11-26-55(50)63/h1-39H. The third-order valence-corrected chi connectivity index (χ3v) is 15.2. The van der Waals surface area contributed by atoms with E-state index in [9.17, 15) is 0 Å². The van der Waals surface area contributed by atoms with E-state index in [1.807, 2.05) is 23.5 Å². The molecule has 3 heterocycles. The maximum atomic E-state index is 7.04. The number of nitrogens with zero attached hydrogens (tertiary/aromatic N) is 1. The maximum absolute atomic E-state index is 7.04. The van der Waals surface area contributed by atoms with Crippen LogP contribution in [-0.4, -0.2) is 0 Å². The van der Waals surface area contributed by atoms with E-state index < -0.39 is 5.41 Å². The van der Waals surface area contributed by atoms with E-state index in [4.69, 9.17) is 9.15 Å². The van der Waals surface area contributed by atoms with Crippen molar-refractivity contribution in [2.45, 2.75) is 5.41 Å². The highest BCUT2D eigenvalue weighted by Gasteiger charge is 2.52. The highest BCUT2D eigenvalue weighted by atomic mass is 32.1. The first-order valence-corrected chi connectivity index (χ1v) is 23.6. The van der Waals surface area contributed by atoms with E-state index >= 15 is 0 Å². The van der Waals surface area contributed by atoms with Crippen LogP contribution in [0.15, 0.2) is 241 Å². The molecular weight excluding hydrogens is 835 g/mol. The fourth-order valence-electron chi connectivity index (χ4n) is 11.0. The van der Waals surface area contributed by atoms with Crippen molar-refractivity contribution in [3.63, 3.8) is 0 Å². The topological polar surface area (TPSA) is 25.6 Å². The van der Waals surface area contributed by atoms with Gasteiger partial charge in [-0.1, -0.05) is 176 Å². The van der Waals surface area contributed by atoms with Crippen LogP contribution in [0.3, 0.4) is 0 Å². The van der Waals surface area contributed by atoms with Crippen LogP contribution >= 0.6 is 11.3 Å². The number of ether oxygens (including phenoxy) is 1. The summed E-state index contributed by atoms with van der Waals surface area (Å²) in [7, 11) is 0. The second-order valence-corrected chi connectivity index (χ2v) is 18.6. The molecular formula is C63H39NO2S. The Kier molecular flexibility index (Phi) is 8.37. The lowest BCUT2D eigenvalue weighted by molar-refractivity contribution is 0.447. The molecule has 67 heavy (non-hydrogen) atoms. The van der Waals surface area contributed by atoms with Crippen molar-refractivity contribution < 1.29 is 9.15 Å². The summed E-state index contributed by atoms with van der Waals surface area (Å²) in [6, 6.07) is 85.5. The van der Waals surface area contributed by atoms with Gasteiger partial charge in [-0.3, -0.25) is 0 Å². The van der Waals surface area contributed by atoms with Crippen molar-refractivity contribution >= 4 is 60.4 Å². The first-order valence-electron chi connectivity index (χ1n) is 22.8. The van der Waals surface area contributed by atoms with Gasteiger partial charge in [0.25, 0.3) is 0 Å². The van der Waals surface area contributed by atoms with Crippen LogP contribution in [0.2, 0.25) is 0 Å². The second-order valence-electron chi connectivity index (χ2n) is 17.5. The lowest BCUT2D eigenvalue weighted by Gasteiger charge is -2.37. The highest BCUT2D eigenvalue weighted by Crippen LogP contribution is 2.65. The molecule has 4 heteroatoms. The summed E-state index contributed by atoms with van der Waals surface area (Å²) in [5.74, 6) is 1.83. The number of para-hydroxylation sites is 3. The van der Waals surface area contributed by atoms with Crippen LogP contribution in [0.1, 0.15) is 21.6 Å². The Labute approximate surface area is 392 Å². The molecule has 0 saturated heterocycles. The Hall–Kier alpha value is -8.44. The van der Waals surface area contributed by atoms with Gasteiger partial charge in [0, 0.05) is 49.0 Å². The van der Waals surface area contributed by atoms with Crippen LogP contribution < -0.4 is 9.64 Å². The molecule has 0 radical (unpaired) electrons. The third-order valence-electron chi connectivity index (χ3n) is 13.9. The van der Waals surface area contributed by atoms with Gasteiger partial charge in [0.2, 0.25) is 0 Å². The molecule has 0 bridgehead atoms. The Balaban J connectivity index is 0.983. The fraction of sp³-hybridized carbons (Fsp3) is 0.0159. The molecule has 0 saturated carbocycles. The Morgan fingerprint density at radius 2 is 0.955 bits per heavy atom. The molecule has 1 aliphatic heterocycles. The van der Waals surface area contributed by atoms with Crippen molar-refractivity contribution in [2.75, 3.05) is 4.90 Å². The molecule has 0 atom stereocenters. The highest BCUT2D eigenvalue weighted by molar-refractivity contribution is 7.19. The number of thiophene rings is 1. The molecule has 12 aromatic rings. The van der Waals surface area contributed by atoms with Gasteiger partial charge in [0.15, 0.2) is 5.75 Å². The van der Waals surface area contributed by atoms with E-state index in [-0.39, 0.29) is 0 Å². The number of rotatable bonds is 6. The molecule has 2 aliphatic rings. The lowest BCUT2D eigenvalue weighted by atomic mass is 9.69. The number of hydrogen-bond acceptors (Lipinski definition) is 4. The summed E-state index contributed by atoms with van der Waals surface area (Å²) in [6.07, 6.45) is 0. The first-order chi connectivity index (χ1) is 33.2. The van der Waals surface area contributed by atoms with Gasteiger partial charge in [-0.2, -0.15) is 0 Å². The van der Waals surface area contributed by atoms with Gasteiger partial charge in [0.05, 0.1) is 10.3 Å². The summed E-state index contributed by atoms with van der Waals surface area (Å²) in [5, 5.41) is 3.36. The van der Waals surface area contributed by atoms with Crippen molar-refractivity contribution in [1.82, 2.24) is 0 Å².